The fraction of sp³-hybridized carbons (Fsp3) is 0.500. The molecular weight excluding hydrogens is 273 g/mol. The van der Waals surface area contributed by atoms with E-state index in [0.717, 1.165) is 0 Å². The summed E-state index contributed by atoms with van der Waals surface area (Å²) in [5.74, 6) is -0.105. The zero-order valence-electron chi connectivity index (χ0n) is 9.61. The van der Waals surface area contributed by atoms with Gasteiger partial charge in [-0.25, -0.2) is 4.98 Å². The van der Waals surface area contributed by atoms with E-state index in [1.807, 2.05) is 0 Å². The molecule has 0 aliphatic carbocycles. The fourth-order valence-corrected chi connectivity index (χ4v) is 1.17. The normalized spacial score (nSPS) is 12.7. The number of pyridine rings is 1. The lowest BCUT2D eigenvalue weighted by molar-refractivity contribution is -0.154. The minimum Gasteiger partial charge on any atom is -0.468 e. The van der Waals surface area contributed by atoms with Gasteiger partial charge in [-0.15, -0.1) is 12.4 Å². The van der Waals surface area contributed by atoms with Crippen LogP contribution in [0.25, 0.3) is 0 Å². The highest BCUT2D eigenvalue weighted by atomic mass is 35.5. The number of alkyl halides is 3. The van der Waals surface area contributed by atoms with Crippen molar-refractivity contribution in [2.45, 2.75) is 12.2 Å². The van der Waals surface area contributed by atoms with Gasteiger partial charge >= 0.3 is 6.18 Å². The molecule has 0 bridgehead atoms. The van der Waals surface area contributed by atoms with E-state index in [2.05, 4.69) is 9.72 Å². The van der Waals surface area contributed by atoms with Gasteiger partial charge in [0.1, 0.15) is 0 Å². The van der Waals surface area contributed by atoms with Gasteiger partial charge in [0.05, 0.1) is 12.6 Å². The Bertz CT molecular complexity index is 363. The molecule has 0 saturated carbocycles. The van der Waals surface area contributed by atoms with Crippen molar-refractivity contribution in [3.05, 3.63) is 23.9 Å². The van der Waals surface area contributed by atoms with Crippen molar-refractivity contribution in [3.63, 3.8) is 0 Å². The quantitative estimate of drug-likeness (QED) is 0.900. The monoisotopic (exact) mass is 286 g/mol. The van der Waals surface area contributed by atoms with Crippen LogP contribution in [0.4, 0.5) is 13.2 Å². The first-order chi connectivity index (χ1) is 7.92. The van der Waals surface area contributed by atoms with Gasteiger partial charge in [0.25, 0.3) is 0 Å². The first kappa shape index (κ1) is 16.9. The molecule has 0 radical (unpaired) electrons. The lowest BCUT2D eigenvalue weighted by Crippen LogP contribution is -2.20. The van der Waals surface area contributed by atoms with Crippen LogP contribution in [0.1, 0.15) is 11.6 Å². The first-order valence-corrected chi connectivity index (χ1v) is 4.82. The summed E-state index contributed by atoms with van der Waals surface area (Å²) < 4.78 is 45.1. The second-order valence-electron chi connectivity index (χ2n) is 3.39. The summed E-state index contributed by atoms with van der Waals surface area (Å²) in [6.45, 7) is -1.11. The molecule has 2 N–H and O–H groups in total. The van der Waals surface area contributed by atoms with Crippen molar-refractivity contribution in [2.75, 3.05) is 20.3 Å². The number of rotatable bonds is 5. The van der Waals surface area contributed by atoms with Crippen LogP contribution in [0.5, 0.6) is 5.88 Å². The highest BCUT2D eigenvalue weighted by Gasteiger charge is 2.28. The topological polar surface area (TPSA) is 57.4 Å². The molecule has 104 valence electrons. The largest absolute Gasteiger partial charge is 0.468 e. The Hall–Kier alpha value is -1.05. The molecule has 0 amide bonds. The molecule has 0 aliphatic rings. The summed E-state index contributed by atoms with van der Waals surface area (Å²) in [5, 5.41) is 0. The van der Waals surface area contributed by atoms with Crippen molar-refractivity contribution in [3.8, 4) is 5.88 Å². The van der Waals surface area contributed by atoms with E-state index >= 15 is 0 Å². The molecule has 0 aromatic carbocycles. The van der Waals surface area contributed by atoms with Gasteiger partial charge in [-0.1, -0.05) is 0 Å². The van der Waals surface area contributed by atoms with E-state index in [1.54, 1.807) is 6.07 Å². The van der Waals surface area contributed by atoms with Gasteiger partial charge in [-0.3, -0.25) is 0 Å². The molecular formula is C10H14ClF3N2O2. The Morgan fingerprint density at radius 1 is 1.44 bits per heavy atom. The number of halogens is 4. The Kier molecular flexibility index (Phi) is 6.97. The van der Waals surface area contributed by atoms with Gasteiger partial charge in [-0.05, 0) is 11.6 Å². The van der Waals surface area contributed by atoms with Gasteiger partial charge in [-0.2, -0.15) is 13.2 Å². The van der Waals surface area contributed by atoms with E-state index in [0.29, 0.717) is 5.56 Å². The fourth-order valence-electron chi connectivity index (χ4n) is 1.17. The maximum Gasteiger partial charge on any atom is 0.422 e. The van der Waals surface area contributed by atoms with E-state index in [9.17, 15) is 13.2 Å². The van der Waals surface area contributed by atoms with Crippen molar-refractivity contribution in [2.24, 2.45) is 5.73 Å². The maximum atomic E-state index is 11.9. The molecule has 1 aromatic heterocycles. The summed E-state index contributed by atoms with van der Waals surface area (Å²) in [6.07, 6.45) is -3.04. The predicted octanol–water partition coefficient (Wildman–Crippen LogP) is 2.09. The molecule has 0 spiro atoms. The Morgan fingerprint density at radius 2 is 2.11 bits per heavy atom. The molecule has 0 aliphatic heterocycles. The van der Waals surface area contributed by atoms with E-state index in [4.69, 9.17) is 10.5 Å². The smallest absolute Gasteiger partial charge is 0.422 e. The van der Waals surface area contributed by atoms with Gasteiger partial charge in [0, 0.05) is 19.4 Å². The molecule has 0 unspecified atom stereocenters. The second kappa shape index (κ2) is 7.40. The Morgan fingerprint density at radius 3 is 2.67 bits per heavy atom. The number of nitrogens with zero attached hydrogens (tertiary/aromatic N) is 1. The molecule has 8 heteroatoms. The third kappa shape index (κ3) is 6.04. The summed E-state index contributed by atoms with van der Waals surface area (Å²) in [6, 6.07) is 2.55. The molecule has 0 fully saturated rings. The molecule has 1 rings (SSSR count). The molecule has 1 heterocycles. The lowest BCUT2D eigenvalue weighted by Gasteiger charge is -2.12. The first-order valence-electron chi connectivity index (χ1n) is 4.82. The molecule has 18 heavy (non-hydrogen) atoms. The van der Waals surface area contributed by atoms with Crippen LogP contribution in [0, 0.1) is 0 Å². The van der Waals surface area contributed by atoms with Crippen molar-refractivity contribution >= 4 is 12.4 Å². The third-order valence-corrected chi connectivity index (χ3v) is 1.92. The summed E-state index contributed by atoms with van der Waals surface area (Å²) in [5.41, 5.74) is 6.34. The van der Waals surface area contributed by atoms with E-state index in [-0.39, 0.29) is 24.9 Å². The Labute approximate surface area is 109 Å². The average molecular weight is 287 g/mol. The van der Waals surface area contributed by atoms with Crippen molar-refractivity contribution in [1.82, 2.24) is 4.98 Å². The van der Waals surface area contributed by atoms with Crippen LogP contribution in [0.3, 0.4) is 0 Å². The number of nitrogens with two attached hydrogens (primary N) is 1. The summed E-state index contributed by atoms with van der Waals surface area (Å²) in [4.78, 5) is 3.67. The van der Waals surface area contributed by atoms with Crippen LogP contribution in [-0.4, -0.2) is 31.5 Å². The minimum atomic E-state index is -4.38. The highest BCUT2D eigenvalue weighted by Crippen LogP contribution is 2.19. The highest BCUT2D eigenvalue weighted by molar-refractivity contribution is 5.85. The number of hydrogen-bond acceptors (Lipinski definition) is 4. The van der Waals surface area contributed by atoms with Crippen LogP contribution in [0.15, 0.2) is 18.3 Å². The number of ether oxygens (including phenoxy) is 2. The average Bonchev–Trinajstić information content (AvgIpc) is 2.26. The summed E-state index contributed by atoms with van der Waals surface area (Å²) in [7, 11) is 1.49. The standard InChI is InChI=1S/C10H13F3N2O2.ClH/c1-16-5-8(14)7-2-3-15-9(4-7)17-6-10(11,12)13;/h2-4,8H,5-6,14H2,1H3;1H/t8-;/m0./s1. The third-order valence-electron chi connectivity index (χ3n) is 1.92. The van der Waals surface area contributed by atoms with Crippen LogP contribution < -0.4 is 10.5 Å². The second-order valence-corrected chi connectivity index (χ2v) is 3.39. The summed E-state index contributed by atoms with van der Waals surface area (Å²) >= 11 is 0. The number of methoxy groups -OCH3 is 1. The molecule has 4 nitrogen and oxygen atoms in total. The van der Waals surface area contributed by atoms with Crippen molar-refractivity contribution in [1.29, 1.82) is 0 Å². The minimum absolute atomic E-state index is 0. The number of hydrogen-bond donors (Lipinski definition) is 1. The van der Waals surface area contributed by atoms with Crippen LogP contribution in [0.2, 0.25) is 0 Å². The van der Waals surface area contributed by atoms with E-state index in [1.165, 1.54) is 19.4 Å². The van der Waals surface area contributed by atoms with Crippen LogP contribution in [-0.2, 0) is 4.74 Å². The predicted molar refractivity (Wildman–Crippen MR) is 61.8 cm³/mol. The van der Waals surface area contributed by atoms with E-state index < -0.39 is 18.8 Å². The van der Waals surface area contributed by atoms with Gasteiger partial charge < -0.3 is 15.2 Å². The lowest BCUT2D eigenvalue weighted by atomic mass is 10.1. The molecule has 1 atom stereocenters. The maximum absolute atomic E-state index is 11.9. The Balaban J connectivity index is 0.00000289. The van der Waals surface area contributed by atoms with Crippen LogP contribution >= 0.6 is 12.4 Å². The number of aromatic nitrogens is 1. The zero-order valence-corrected chi connectivity index (χ0v) is 10.4. The van der Waals surface area contributed by atoms with Gasteiger partial charge in [0.2, 0.25) is 5.88 Å². The van der Waals surface area contributed by atoms with Crippen molar-refractivity contribution < 1.29 is 22.6 Å². The molecule has 1 aromatic rings. The SMILES string of the molecule is COC[C@H](N)c1ccnc(OCC(F)(F)F)c1.Cl. The molecule has 0 saturated heterocycles. The zero-order chi connectivity index (χ0) is 12.9. The van der Waals surface area contributed by atoms with Gasteiger partial charge in [0.15, 0.2) is 6.61 Å².